The minimum atomic E-state index is -5.72. The van der Waals surface area contributed by atoms with Gasteiger partial charge < -0.3 is 14.5 Å². The van der Waals surface area contributed by atoms with E-state index >= 15 is 0 Å². The van der Waals surface area contributed by atoms with Crippen molar-refractivity contribution >= 4 is 23.4 Å². The van der Waals surface area contributed by atoms with Gasteiger partial charge in [-0.15, -0.1) is 0 Å². The number of ether oxygens (including phenoxy) is 1. The second-order valence-electron chi connectivity index (χ2n) is 9.76. The molecule has 3 fully saturated rings. The molecule has 0 aromatic heterocycles. The summed E-state index contributed by atoms with van der Waals surface area (Å²) < 4.78 is 80.2. The first-order chi connectivity index (χ1) is 16.4. The molecule has 1 aromatic rings. The smallest absolute Gasteiger partial charge is 0.426 e. The Balaban J connectivity index is 1.34. The summed E-state index contributed by atoms with van der Waals surface area (Å²) in [5.41, 5.74) is 2.20. The molecule has 0 aliphatic carbocycles. The van der Waals surface area contributed by atoms with E-state index in [1.807, 2.05) is 18.2 Å². The van der Waals surface area contributed by atoms with Crippen molar-refractivity contribution in [2.45, 2.75) is 57.1 Å². The molecule has 5 nitrogen and oxygen atoms in total. The lowest BCUT2D eigenvalue weighted by molar-refractivity contribution is -0.308. The van der Waals surface area contributed by atoms with Gasteiger partial charge in [0, 0.05) is 50.0 Å². The number of hydrogen-bond acceptors (Lipinski definition) is 4. The average Bonchev–Trinajstić information content (AvgIpc) is 3.43. The molecule has 3 aliphatic rings. The van der Waals surface area contributed by atoms with Gasteiger partial charge in [-0.25, -0.2) is 4.79 Å². The van der Waals surface area contributed by atoms with Crippen LogP contribution < -0.4 is 4.90 Å². The topological polar surface area (TPSA) is 36.0 Å². The Kier molecular flexibility index (Phi) is 7.39. The van der Waals surface area contributed by atoms with E-state index in [-0.39, 0.29) is 18.5 Å². The van der Waals surface area contributed by atoms with E-state index in [2.05, 4.69) is 14.5 Å². The van der Waals surface area contributed by atoms with Gasteiger partial charge in [0.05, 0.1) is 0 Å². The number of anilines is 1. The first-order valence-electron chi connectivity index (χ1n) is 11.7. The van der Waals surface area contributed by atoms with Crippen molar-refractivity contribution in [2.75, 3.05) is 44.2 Å². The molecule has 3 aliphatic heterocycles. The summed E-state index contributed by atoms with van der Waals surface area (Å²) in [4.78, 5) is 17.7. The van der Waals surface area contributed by atoms with Crippen LogP contribution in [0.25, 0.3) is 0 Å². The maximum Gasteiger partial charge on any atom is 0.434 e. The van der Waals surface area contributed by atoms with E-state index in [0.717, 1.165) is 62.6 Å². The van der Waals surface area contributed by atoms with Crippen molar-refractivity contribution in [1.29, 1.82) is 0 Å². The standard InChI is InChI=1S/C23H28ClF6N3O2/c24-17-4-3-16(18(13-17)32-8-1-2-9-32)14-31-10-5-21(15-31)6-11-33(12-7-21)20(34)35-19(22(25,26)27)23(28,29)30/h3-4,13,19H,1-2,5-12,14-15H2. The number of carbonyl (C=O) groups excluding carboxylic acids is 1. The van der Waals surface area contributed by atoms with Crippen LogP contribution >= 0.6 is 11.6 Å². The van der Waals surface area contributed by atoms with Crippen LogP contribution in [0.5, 0.6) is 0 Å². The maximum absolute atomic E-state index is 12.7. The summed E-state index contributed by atoms with van der Waals surface area (Å²) in [6, 6.07) is 5.91. The average molecular weight is 528 g/mol. The van der Waals surface area contributed by atoms with Gasteiger partial charge >= 0.3 is 18.4 Å². The number of amides is 1. The van der Waals surface area contributed by atoms with Crippen LogP contribution in [-0.2, 0) is 11.3 Å². The largest absolute Gasteiger partial charge is 0.434 e. The highest BCUT2D eigenvalue weighted by Gasteiger charge is 2.60. The van der Waals surface area contributed by atoms with Crippen molar-refractivity contribution in [3.63, 3.8) is 0 Å². The number of rotatable bonds is 4. The van der Waals surface area contributed by atoms with Gasteiger partial charge in [0.25, 0.3) is 6.10 Å². The van der Waals surface area contributed by atoms with E-state index in [0.29, 0.717) is 17.9 Å². The van der Waals surface area contributed by atoms with Crippen LogP contribution in [0.4, 0.5) is 36.8 Å². The SMILES string of the molecule is O=C(OC(C(F)(F)F)C(F)(F)F)N1CCC2(CCN(Cc3ccc(Cl)cc3N3CCCC3)C2)CC1. The maximum atomic E-state index is 12.7. The number of benzene rings is 1. The first-order valence-corrected chi connectivity index (χ1v) is 12.1. The molecule has 4 rings (SSSR count). The molecule has 35 heavy (non-hydrogen) atoms. The zero-order valence-electron chi connectivity index (χ0n) is 19.1. The number of carbonyl (C=O) groups is 1. The molecule has 0 bridgehead atoms. The fourth-order valence-corrected chi connectivity index (χ4v) is 5.56. The molecule has 3 saturated heterocycles. The van der Waals surface area contributed by atoms with Gasteiger partial charge in [0.15, 0.2) is 0 Å². The lowest BCUT2D eigenvalue weighted by atomic mass is 9.78. The fourth-order valence-electron chi connectivity index (χ4n) is 5.39. The molecular formula is C23H28ClF6N3O2. The minimum absolute atomic E-state index is 0.0646. The van der Waals surface area contributed by atoms with Gasteiger partial charge in [-0.3, -0.25) is 4.90 Å². The summed E-state index contributed by atoms with van der Waals surface area (Å²) in [6.07, 6.45) is -13.0. The lowest BCUT2D eigenvalue weighted by Crippen LogP contribution is -2.50. The van der Waals surface area contributed by atoms with Crippen molar-refractivity contribution in [3.05, 3.63) is 28.8 Å². The second kappa shape index (κ2) is 9.88. The predicted molar refractivity (Wildman–Crippen MR) is 118 cm³/mol. The highest BCUT2D eigenvalue weighted by molar-refractivity contribution is 6.30. The van der Waals surface area contributed by atoms with Crippen LogP contribution in [-0.4, -0.2) is 73.6 Å². The lowest BCUT2D eigenvalue weighted by Gasteiger charge is -2.39. The molecule has 1 aromatic carbocycles. The molecule has 3 heterocycles. The molecule has 196 valence electrons. The minimum Gasteiger partial charge on any atom is -0.426 e. The third-order valence-electron chi connectivity index (χ3n) is 7.30. The molecule has 1 amide bonds. The zero-order valence-corrected chi connectivity index (χ0v) is 19.9. The molecule has 0 N–H and O–H groups in total. The molecule has 0 radical (unpaired) electrons. The molecule has 1 spiro atoms. The second-order valence-corrected chi connectivity index (χ2v) is 10.2. The number of halogens is 7. The molecule has 0 atom stereocenters. The molecule has 12 heteroatoms. The van der Waals surface area contributed by atoms with Crippen molar-refractivity contribution in [1.82, 2.24) is 9.80 Å². The Morgan fingerprint density at radius 1 is 0.971 bits per heavy atom. The third-order valence-corrected chi connectivity index (χ3v) is 7.54. The summed E-state index contributed by atoms with van der Waals surface area (Å²) in [7, 11) is 0. The van der Waals surface area contributed by atoms with E-state index in [4.69, 9.17) is 11.6 Å². The summed E-state index contributed by atoms with van der Waals surface area (Å²) in [6.45, 7) is 4.43. The van der Waals surface area contributed by atoms with Gasteiger partial charge in [-0.2, -0.15) is 26.3 Å². The van der Waals surface area contributed by atoms with Crippen LogP contribution in [0.2, 0.25) is 5.02 Å². The van der Waals surface area contributed by atoms with Crippen molar-refractivity contribution in [3.8, 4) is 0 Å². The van der Waals surface area contributed by atoms with E-state index in [9.17, 15) is 31.1 Å². The van der Waals surface area contributed by atoms with Gasteiger partial charge in [-0.05, 0) is 61.8 Å². The van der Waals surface area contributed by atoms with Crippen molar-refractivity contribution in [2.24, 2.45) is 5.41 Å². The van der Waals surface area contributed by atoms with E-state index in [1.54, 1.807) is 0 Å². The Bertz CT molecular complexity index is 897. The highest BCUT2D eigenvalue weighted by atomic mass is 35.5. The zero-order chi connectivity index (χ0) is 25.4. The quantitative estimate of drug-likeness (QED) is 0.460. The van der Waals surface area contributed by atoms with Gasteiger partial charge in [0.2, 0.25) is 0 Å². The highest BCUT2D eigenvalue weighted by Crippen LogP contribution is 2.42. The molecule has 0 saturated carbocycles. The van der Waals surface area contributed by atoms with Crippen LogP contribution in [0, 0.1) is 5.41 Å². The number of piperidine rings is 1. The van der Waals surface area contributed by atoms with Crippen LogP contribution in [0.15, 0.2) is 18.2 Å². The van der Waals surface area contributed by atoms with E-state index < -0.39 is 24.5 Å². The third kappa shape index (κ3) is 6.10. The van der Waals surface area contributed by atoms with Crippen LogP contribution in [0.1, 0.15) is 37.7 Å². The van der Waals surface area contributed by atoms with Crippen LogP contribution in [0.3, 0.4) is 0 Å². The van der Waals surface area contributed by atoms with Gasteiger partial charge in [-0.1, -0.05) is 17.7 Å². The summed E-state index contributed by atoms with van der Waals surface area (Å²) in [5.74, 6) is 0. The predicted octanol–water partition coefficient (Wildman–Crippen LogP) is 5.86. The summed E-state index contributed by atoms with van der Waals surface area (Å²) in [5, 5.41) is 0.686. The Morgan fingerprint density at radius 2 is 1.57 bits per heavy atom. The number of alkyl halides is 6. The first kappa shape index (κ1) is 26.2. The molecule has 0 unspecified atom stereocenters. The monoisotopic (exact) mass is 527 g/mol. The summed E-state index contributed by atoms with van der Waals surface area (Å²) >= 11 is 6.24. The molecular weight excluding hydrogens is 500 g/mol. The number of likely N-dealkylation sites (tertiary alicyclic amines) is 2. The fraction of sp³-hybridized carbons (Fsp3) is 0.696. The van der Waals surface area contributed by atoms with E-state index in [1.165, 1.54) is 5.56 Å². The normalized spacial score (nSPS) is 21.4. The number of hydrogen-bond donors (Lipinski definition) is 0. The van der Waals surface area contributed by atoms with Gasteiger partial charge in [0.1, 0.15) is 0 Å². The Labute approximate surface area is 204 Å². The Morgan fingerprint density at radius 3 is 2.17 bits per heavy atom. The number of nitrogens with zero attached hydrogens (tertiary/aromatic N) is 3. The van der Waals surface area contributed by atoms with Crippen molar-refractivity contribution < 1.29 is 35.9 Å². The Hall–Kier alpha value is -1.88.